The molecule has 2 fully saturated rings. The first kappa shape index (κ1) is 14.5. The highest BCUT2D eigenvalue weighted by atomic mass is 16.2. The van der Waals surface area contributed by atoms with E-state index in [1.807, 2.05) is 20.8 Å². The van der Waals surface area contributed by atoms with E-state index in [4.69, 9.17) is 0 Å². The molecule has 2 rings (SSSR count). The fraction of sp³-hybridized carbons (Fsp3) is 0.875. The lowest BCUT2D eigenvalue weighted by Crippen LogP contribution is -2.46. The third kappa shape index (κ3) is 2.85. The van der Waals surface area contributed by atoms with Gasteiger partial charge in [-0.2, -0.15) is 0 Å². The maximum absolute atomic E-state index is 12.6. The molecule has 0 bridgehead atoms. The first-order chi connectivity index (χ1) is 8.82. The van der Waals surface area contributed by atoms with Crippen molar-refractivity contribution in [3.63, 3.8) is 0 Å². The summed E-state index contributed by atoms with van der Waals surface area (Å²) in [6.45, 7) is 8.13. The molecule has 2 aliphatic rings. The van der Waals surface area contributed by atoms with Gasteiger partial charge in [-0.05, 0) is 46.0 Å². The Morgan fingerprint density at radius 1 is 0.895 bits per heavy atom. The molecular weight excluding hydrogens is 238 g/mol. The van der Waals surface area contributed by atoms with Crippen molar-refractivity contribution >= 4 is 11.8 Å². The first-order valence-corrected chi connectivity index (χ1v) is 7.70. The minimum atomic E-state index is -0.378. The average molecular weight is 265 g/mol. The zero-order valence-corrected chi connectivity index (χ0v) is 12.7. The van der Waals surface area contributed by atoms with Gasteiger partial charge >= 0.3 is 0 Å². The van der Waals surface area contributed by atoms with Gasteiger partial charge in [0.05, 0.1) is 11.8 Å². The fourth-order valence-electron chi connectivity index (χ4n) is 3.56. The Bertz CT molecular complexity index is 369. The third-order valence-electron chi connectivity index (χ3n) is 4.66. The number of nitrogens with zero attached hydrogens (tertiary/aromatic N) is 1. The molecule has 0 N–H and O–H groups in total. The summed E-state index contributed by atoms with van der Waals surface area (Å²) in [5, 5.41) is 0. The van der Waals surface area contributed by atoms with Crippen LogP contribution in [0.25, 0.3) is 0 Å². The number of likely N-dealkylation sites (tertiary alicyclic amines) is 1. The van der Waals surface area contributed by atoms with Crippen molar-refractivity contribution in [1.82, 2.24) is 4.90 Å². The Morgan fingerprint density at radius 3 is 2.00 bits per heavy atom. The molecule has 0 aromatic rings. The van der Waals surface area contributed by atoms with E-state index in [1.165, 1.54) is 17.7 Å². The van der Waals surface area contributed by atoms with Gasteiger partial charge in [0.25, 0.3) is 0 Å². The van der Waals surface area contributed by atoms with Crippen LogP contribution in [0.1, 0.15) is 66.2 Å². The Morgan fingerprint density at radius 2 is 1.42 bits per heavy atom. The lowest BCUT2D eigenvalue weighted by atomic mass is 9.87. The quantitative estimate of drug-likeness (QED) is 0.630. The van der Waals surface area contributed by atoms with Crippen molar-refractivity contribution in [1.29, 1.82) is 0 Å². The number of imide groups is 1. The van der Waals surface area contributed by atoms with Crippen molar-refractivity contribution in [3.8, 4) is 0 Å². The van der Waals surface area contributed by atoms with Gasteiger partial charge in [-0.15, -0.1) is 0 Å². The summed E-state index contributed by atoms with van der Waals surface area (Å²) in [6, 6.07) is 0. The molecule has 0 aromatic carbocycles. The van der Waals surface area contributed by atoms with Gasteiger partial charge in [-0.1, -0.05) is 26.2 Å². The second-order valence-electron chi connectivity index (χ2n) is 7.36. The van der Waals surface area contributed by atoms with Gasteiger partial charge in [0.1, 0.15) is 0 Å². The van der Waals surface area contributed by atoms with Crippen molar-refractivity contribution in [2.45, 2.75) is 71.8 Å². The number of amides is 2. The molecule has 1 saturated carbocycles. The topological polar surface area (TPSA) is 37.4 Å². The second kappa shape index (κ2) is 5.26. The van der Waals surface area contributed by atoms with Gasteiger partial charge in [-0.3, -0.25) is 14.5 Å². The van der Waals surface area contributed by atoms with Gasteiger partial charge < -0.3 is 0 Å². The van der Waals surface area contributed by atoms with Crippen LogP contribution in [-0.2, 0) is 9.59 Å². The molecule has 19 heavy (non-hydrogen) atoms. The normalized spacial score (nSPS) is 33.7. The van der Waals surface area contributed by atoms with Crippen LogP contribution in [0.4, 0.5) is 0 Å². The van der Waals surface area contributed by atoms with Crippen LogP contribution in [0.3, 0.4) is 0 Å². The molecule has 1 aliphatic carbocycles. The van der Waals surface area contributed by atoms with Crippen LogP contribution in [0.2, 0.25) is 0 Å². The second-order valence-corrected chi connectivity index (χ2v) is 7.36. The van der Waals surface area contributed by atoms with Gasteiger partial charge in [0.2, 0.25) is 11.8 Å². The SMILES string of the molecule is CC1CCCCC2C(=O)N(C(C)(C)C)C(=O)C2CC1. The van der Waals surface area contributed by atoms with Crippen LogP contribution in [0.5, 0.6) is 0 Å². The zero-order valence-electron chi connectivity index (χ0n) is 12.7. The summed E-state index contributed by atoms with van der Waals surface area (Å²) in [5.41, 5.74) is -0.378. The summed E-state index contributed by atoms with van der Waals surface area (Å²) in [5.74, 6) is 0.753. The minimum Gasteiger partial charge on any atom is -0.277 e. The van der Waals surface area contributed by atoms with Gasteiger partial charge in [0, 0.05) is 5.54 Å². The van der Waals surface area contributed by atoms with E-state index in [-0.39, 0.29) is 29.2 Å². The molecule has 3 unspecified atom stereocenters. The maximum Gasteiger partial charge on any atom is 0.233 e. The average Bonchev–Trinajstić information content (AvgIpc) is 2.57. The summed E-state index contributed by atoms with van der Waals surface area (Å²) < 4.78 is 0. The smallest absolute Gasteiger partial charge is 0.233 e. The predicted octanol–water partition coefficient (Wildman–Crippen LogP) is 3.38. The standard InChI is InChI=1S/C16H27NO2/c1-11-7-5-6-8-12-13(10-9-11)15(19)17(14(12)18)16(2,3)4/h11-13H,5-10H2,1-4H3. The molecule has 0 spiro atoms. The van der Waals surface area contributed by atoms with Gasteiger partial charge in [0.15, 0.2) is 0 Å². The Labute approximate surface area is 116 Å². The van der Waals surface area contributed by atoms with Crippen LogP contribution in [0.15, 0.2) is 0 Å². The number of fused-ring (bicyclic) bond motifs is 1. The first-order valence-electron chi connectivity index (χ1n) is 7.70. The highest BCUT2D eigenvalue weighted by Crippen LogP contribution is 2.39. The van der Waals surface area contributed by atoms with E-state index >= 15 is 0 Å². The van der Waals surface area contributed by atoms with Crippen LogP contribution < -0.4 is 0 Å². The molecule has 0 aromatic heterocycles. The van der Waals surface area contributed by atoms with Crippen LogP contribution in [-0.4, -0.2) is 22.3 Å². The molecule has 1 saturated heterocycles. The Balaban J connectivity index is 2.22. The van der Waals surface area contributed by atoms with Crippen molar-refractivity contribution < 1.29 is 9.59 Å². The maximum atomic E-state index is 12.6. The molecule has 108 valence electrons. The van der Waals surface area contributed by atoms with Crippen LogP contribution >= 0.6 is 0 Å². The summed E-state index contributed by atoms with van der Waals surface area (Å²) in [4.78, 5) is 26.7. The fourth-order valence-corrected chi connectivity index (χ4v) is 3.56. The van der Waals surface area contributed by atoms with Crippen LogP contribution in [0, 0.1) is 17.8 Å². The Hall–Kier alpha value is -0.860. The summed E-state index contributed by atoms with van der Waals surface area (Å²) >= 11 is 0. The molecule has 3 nitrogen and oxygen atoms in total. The van der Waals surface area contributed by atoms with E-state index < -0.39 is 0 Å². The molecule has 3 heteroatoms. The third-order valence-corrected chi connectivity index (χ3v) is 4.66. The molecule has 2 amide bonds. The molecule has 1 aliphatic heterocycles. The number of carbonyl (C=O) groups excluding carboxylic acids is 2. The number of rotatable bonds is 0. The lowest BCUT2D eigenvalue weighted by molar-refractivity contribution is -0.145. The summed E-state index contributed by atoms with van der Waals surface area (Å²) in [6.07, 6.45) is 6.39. The Kier molecular flexibility index (Phi) is 4.03. The summed E-state index contributed by atoms with van der Waals surface area (Å²) in [7, 11) is 0. The van der Waals surface area contributed by atoms with E-state index in [2.05, 4.69) is 6.92 Å². The van der Waals surface area contributed by atoms with E-state index in [0.29, 0.717) is 5.92 Å². The van der Waals surface area contributed by atoms with Crippen molar-refractivity contribution in [2.24, 2.45) is 17.8 Å². The molecule has 3 atom stereocenters. The van der Waals surface area contributed by atoms with E-state index in [9.17, 15) is 9.59 Å². The highest BCUT2D eigenvalue weighted by Gasteiger charge is 2.50. The monoisotopic (exact) mass is 265 g/mol. The number of hydrogen-bond acceptors (Lipinski definition) is 2. The van der Waals surface area contributed by atoms with Crippen molar-refractivity contribution in [3.05, 3.63) is 0 Å². The number of hydrogen-bond donors (Lipinski definition) is 0. The van der Waals surface area contributed by atoms with E-state index in [1.54, 1.807) is 0 Å². The van der Waals surface area contributed by atoms with E-state index in [0.717, 1.165) is 25.7 Å². The zero-order chi connectivity index (χ0) is 14.2. The van der Waals surface area contributed by atoms with Gasteiger partial charge in [-0.25, -0.2) is 0 Å². The molecule has 1 heterocycles. The largest absolute Gasteiger partial charge is 0.277 e. The minimum absolute atomic E-state index is 0.0444. The predicted molar refractivity (Wildman–Crippen MR) is 75.5 cm³/mol. The van der Waals surface area contributed by atoms with Crippen molar-refractivity contribution in [2.75, 3.05) is 0 Å². The molecule has 0 radical (unpaired) electrons. The molecular formula is C16H27NO2. The number of carbonyl (C=O) groups is 2. The highest BCUT2D eigenvalue weighted by molar-refractivity contribution is 6.05. The lowest BCUT2D eigenvalue weighted by Gasteiger charge is -2.30.